The molecule has 8 nitrogen and oxygen atoms in total. The Morgan fingerprint density at radius 2 is 1.86 bits per heavy atom. The Kier molecular flexibility index (Phi) is 5.16. The smallest absolute Gasteiger partial charge is 0.299 e. The zero-order valence-electron chi connectivity index (χ0n) is 16.2. The predicted octanol–water partition coefficient (Wildman–Crippen LogP) is 2.09. The van der Waals surface area contributed by atoms with Crippen molar-refractivity contribution in [2.45, 2.75) is 25.8 Å². The number of oxazole rings is 1. The van der Waals surface area contributed by atoms with Gasteiger partial charge >= 0.3 is 0 Å². The molecule has 4 rings (SSSR count). The van der Waals surface area contributed by atoms with E-state index in [4.69, 9.17) is 10.2 Å². The van der Waals surface area contributed by atoms with Gasteiger partial charge < -0.3 is 20.4 Å². The Balaban J connectivity index is 1.39. The van der Waals surface area contributed by atoms with Gasteiger partial charge in [0.1, 0.15) is 6.04 Å². The number of fused-ring (bicyclic) bond motifs is 1. The summed E-state index contributed by atoms with van der Waals surface area (Å²) in [5.41, 5.74) is 8.31. The summed E-state index contributed by atoms with van der Waals surface area (Å²) >= 11 is 0. The van der Waals surface area contributed by atoms with E-state index >= 15 is 0 Å². The molecule has 3 N–H and O–H groups in total. The second-order valence-electron chi connectivity index (χ2n) is 7.29. The summed E-state index contributed by atoms with van der Waals surface area (Å²) < 4.78 is 5.80. The van der Waals surface area contributed by atoms with E-state index in [2.05, 4.69) is 15.3 Å². The third-order valence-corrected chi connectivity index (χ3v) is 5.22. The molecule has 0 unspecified atom stereocenters. The number of nitrogens with two attached hydrogens (primary N) is 1. The van der Waals surface area contributed by atoms with Gasteiger partial charge in [-0.25, -0.2) is 4.98 Å². The highest BCUT2D eigenvalue weighted by atomic mass is 16.4. The first-order valence-electron chi connectivity index (χ1n) is 9.65. The highest BCUT2D eigenvalue weighted by molar-refractivity contribution is 5.88. The predicted molar refractivity (Wildman–Crippen MR) is 108 cm³/mol. The number of rotatable bonds is 5. The number of carbonyl (C=O) groups is 2. The van der Waals surface area contributed by atoms with Crippen molar-refractivity contribution in [1.29, 1.82) is 0 Å². The molecule has 1 saturated heterocycles. The summed E-state index contributed by atoms with van der Waals surface area (Å²) in [6.45, 7) is 3.18. The molecular weight excluding hydrogens is 370 g/mol. The number of nitrogens with one attached hydrogen (secondary N) is 1. The highest BCUT2D eigenvalue weighted by Gasteiger charge is 2.30. The lowest BCUT2D eigenvalue weighted by Gasteiger charge is -2.30. The minimum absolute atomic E-state index is 0.160. The fourth-order valence-electron chi connectivity index (χ4n) is 3.59. The summed E-state index contributed by atoms with van der Waals surface area (Å²) in [7, 11) is 0. The maximum Gasteiger partial charge on any atom is 0.299 e. The number of hydrogen-bond donors (Lipinski definition) is 2. The number of piperidine rings is 1. The molecule has 3 aromatic rings. The molecule has 8 heteroatoms. The van der Waals surface area contributed by atoms with Gasteiger partial charge in [-0.15, -0.1) is 0 Å². The lowest BCUT2D eigenvalue weighted by molar-refractivity contribution is -0.130. The van der Waals surface area contributed by atoms with Gasteiger partial charge in [-0.1, -0.05) is 30.3 Å². The third kappa shape index (κ3) is 4.06. The molecule has 3 heterocycles. The minimum Gasteiger partial charge on any atom is -0.422 e. The Labute approximate surface area is 168 Å². The van der Waals surface area contributed by atoms with E-state index in [1.807, 2.05) is 42.2 Å². The first-order chi connectivity index (χ1) is 14.0. The van der Waals surface area contributed by atoms with E-state index in [1.165, 1.54) is 0 Å². The largest absolute Gasteiger partial charge is 0.422 e. The Hall–Kier alpha value is -3.42. The van der Waals surface area contributed by atoms with Crippen molar-refractivity contribution < 1.29 is 14.0 Å². The van der Waals surface area contributed by atoms with Crippen LogP contribution in [0.1, 0.15) is 30.1 Å². The van der Waals surface area contributed by atoms with Crippen molar-refractivity contribution >= 4 is 29.1 Å². The monoisotopic (exact) mass is 393 g/mol. The molecule has 0 aliphatic carbocycles. The fraction of sp³-hybridized carbons (Fsp3) is 0.333. The maximum absolute atomic E-state index is 12.7. The first kappa shape index (κ1) is 18.9. The summed E-state index contributed by atoms with van der Waals surface area (Å²) in [6.07, 6.45) is 1.27. The molecule has 1 fully saturated rings. The summed E-state index contributed by atoms with van der Waals surface area (Å²) in [5, 5.41) is 2.80. The van der Waals surface area contributed by atoms with Crippen LogP contribution in [-0.4, -0.2) is 34.9 Å². The molecular formula is C21H23N5O3. The number of aryl methyl sites for hydroxylation is 1. The van der Waals surface area contributed by atoms with Crippen molar-refractivity contribution in [1.82, 2.24) is 15.3 Å². The summed E-state index contributed by atoms with van der Waals surface area (Å²) in [6, 6.07) is 12.5. The Bertz CT molecular complexity index is 1030. The molecule has 2 amide bonds. The van der Waals surface area contributed by atoms with E-state index in [9.17, 15) is 9.59 Å². The molecule has 0 bridgehead atoms. The van der Waals surface area contributed by atoms with Crippen molar-refractivity contribution in [3.63, 3.8) is 0 Å². The van der Waals surface area contributed by atoms with E-state index in [0.29, 0.717) is 48.7 Å². The topological polar surface area (TPSA) is 114 Å². The Morgan fingerprint density at radius 3 is 2.55 bits per heavy atom. The van der Waals surface area contributed by atoms with Crippen LogP contribution in [0.5, 0.6) is 0 Å². The van der Waals surface area contributed by atoms with Gasteiger partial charge in [0.05, 0.1) is 0 Å². The minimum atomic E-state index is -0.826. The van der Waals surface area contributed by atoms with Gasteiger partial charge in [-0.05, 0) is 37.5 Å². The van der Waals surface area contributed by atoms with Gasteiger partial charge in [0.15, 0.2) is 5.58 Å². The molecule has 1 atom stereocenters. The normalized spacial score (nSPS) is 16.0. The van der Waals surface area contributed by atoms with E-state index in [1.54, 1.807) is 12.1 Å². The molecule has 0 radical (unpaired) electrons. The summed E-state index contributed by atoms with van der Waals surface area (Å²) in [4.78, 5) is 35.4. The zero-order valence-corrected chi connectivity index (χ0v) is 16.2. The van der Waals surface area contributed by atoms with Crippen molar-refractivity contribution in [2.24, 2.45) is 11.7 Å². The SMILES string of the molecule is Cc1ccc2oc(N3CCC(C(=O)N[C@H](C(N)=O)c4ccccc4)CC3)nc2n1. The number of primary amides is 1. The molecule has 1 aliphatic rings. The van der Waals surface area contributed by atoms with Crippen LogP contribution in [0.25, 0.3) is 11.2 Å². The zero-order chi connectivity index (χ0) is 20.4. The number of anilines is 1. The van der Waals surface area contributed by atoms with Crippen molar-refractivity contribution in [2.75, 3.05) is 18.0 Å². The van der Waals surface area contributed by atoms with E-state index < -0.39 is 11.9 Å². The van der Waals surface area contributed by atoms with Gasteiger partial charge in [0, 0.05) is 24.7 Å². The van der Waals surface area contributed by atoms with Gasteiger partial charge in [0.25, 0.3) is 6.01 Å². The molecule has 29 heavy (non-hydrogen) atoms. The average molecular weight is 393 g/mol. The number of nitrogens with zero attached hydrogens (tertiary/aromatic N) is 3. The van der Waals surface area contributed by atoms with Crippen LogP contribution >= 0.6 is 0 Å². The van der Waals surface area contributed by atoms with Crippen molar-refractivity contribution in [3.05, 3.63) is 53.7 Å². The number of hydrogen-bond acceptors (Lipinski definition) is 6. The molecule has 1 aromatic carbocycles. The number of amides is 2. The molecule has 0 spiro atoms. The molecule has 0 saturated carbocycles. The molecule has 2 aromatic heterocycles. The van der Waals surface area contributed by atoms with Crippen LogP contribution in [0.2, 0.25) is 0 Å². The lowest BCUT2D eigenvalue weighted by atomic mass is 9.95. The van der Waals surface area contributed by atoms with Crippen LogP contribution < -0.4 is 16.0 Å². The maximum atomic E-state index is 12.7. The standard InChI is InChI=1S/C21H23N5O3/c1-13-7-8-16-19(23-13)25-21(29-16)26-11-9-15(10-12-26)20(28)24-17(18(22)27)14-5-3-2-4-6-14/h2-8,15,17H,9-12H2,1H3,(H2,22,27)(H,24,28)/t17-/m0/s1. The number of pyridine rings is 1. The number of benzene rings is 1. The highest BCUT2D eigenvalue weighted by Crippen LogP contribution is 2.26. The first-order valence-corrected chi connectivity index (χ1v) is 9.65. The quantitative estimate of drug-likeness (QED) is 0.686. The molecule has 1 aliphatic heterocycles. The van der Waals surface area contributed by atoms with Crippen LogP contribution in [0.15, 0.2) is 46.9 Å². The average Bonchev–Trinajstić information content (AvgIpc) is 3.15. The van der Waals surface area contributed by atoms with Crippen LogP contribution in [0.4, 0.5) is 6.01 Å². The van der Waals surface area contributed by atoms with Gasteiger partial charge in [-0.2, -0.15) is 4.98 Å². The van der Waals surface area contributed by atoms with Crippen LogP contribution in [0, 0.1) is 12.8 Å². The third-order valence-electron chi connectivity index (χ3n) is 5.22. The van der Waals surface area contributed by atoms with Crippen molar-refractivity contribution in [3.8, 4) is 0 Å². The number of aromatic nitrogens is 2. The van der Waals surface area contributed by atoms with Gasteiger partial charge in [-0.3, -0.25) is 9.59 Å². The second-order valence-corrected chi connectivity index (χ2v) is 7.29. The van der Waals surface area contributed by atoms with E-state index in [-0.39, 0.29) is 11.8 Å². The van der Waals surface area contributed by atoms with Crippen LogP contribution in [0.3, 0.4) is 0 Å². The summed E-state index contributed by atoms with van der Waals surface area (Å²) in [5.74, 6) is -0.926. The second kappa shape index (κ2) is 7.90. The Morgan fingerprint density at radius 1 is 1.14 bits per heavy atom. The van der Waals surface area contributed by atoms with E-state index in [0.717, 1.165) is 5.69 Å². The van der Waals surface area contributed by atoms with Crippen LogP contribution in [-0.2, 0) is 9.59 Å². The number of carbonyl (C=O) groups excluding carboxylic acids is 2. The van der Waals surface area contributed by atoms with Gasteiger partial charge in [0.2, 0.25) is 17.5 Å². The fourth-order valence-corrected chi connectivity index (χ4v) is 3.59. The molecule has 150 valence electrons. The lowest BCUT2D eigenvalue weighted by Crippen LogP contribution is -2.44.